The lowest BCUT2D eigenvalue weighted by Crippen LogP contribution is -2.50. The van der Waals surface area contributed by atoms with Gasteiger partial charge in [-0.05, 0) is 38.5 Å². The van der Waals surface area contributed by atoms with Crippen LogP contribution in [0, 0.1) is 0 Å². The molecule has 0 aliphatic carbocycles. The summed E-state index contributed by atoms with van der Waals surface area (Å²) in [7, 11) is 0. The number of rotatable bonds is 4. The highest BCUT2D eigenvalue weighted by atomic mass is 16.7. The minimum absolute atomic E-state index is 0.114. The molecule has 3 saturated heterocycles. The number of ether oxygens (including phenoxy) is 3. The fourth-order valence-corrected chi connectivity index (χ4v) is 3.45. The molecule has 5 nitrogen and oxygen atoms in total. The highest BCUT2D eigenvalue weighted by Gasteiger charge is 2.36. The van der Waals surface area contributed by atoms with E-state index >= 15 is 0 Å². The monoisotopic (exact) mass is 283 g/mol. The van der Waals surface area contributed by atoms with E-state index in [0.29, 0.717) is 25.7 Å². The molecule has 0 aromatic carbocycles. The van der Waals surface area contributed by atoms with Gasteiger partial charge in [-0.2, -0.15) is 0 Å². The van der Waals surface area contributed by atoms with E-state index in [2.05, 4.69) is 0 Å². The summed E-state index contributed by atoms with van der Waals surface area (Å²) in [5.41, 5.74) is 0. The van der Waals surface area contributed by atoms with Gasteiger partial charge in [0.1, 0.15) is 0 Å². The van der Waals surface area contributed by atoms with Crippen LogP contribution in [0.1, 0.15) is 44.9 Å². The highest BCUT2D eigenvalue weighted by molar-refractivity contribution is 5.76. The molecule has 0 radical (unpaired) electrons. The molecule has 20 heavy (non-hydrogen) atoms. The fraction of sp³-hybridized carbons (Fsp3) is 0.933. The standard InChI is InChI=1S/C15H25NO4/c17-14(7-6-12-4-3-9-18-12)16-8-2-1-5-13(16)15-19-10-11-20-15/h12-13,15H,1-11H2. The van der Waals surface area contributed by atoms with Crippen LogP contribution >= 0.6 is 0 Å². The maximum absolute atomic E-state index is 12.5. The lowest BCUT2D eigenvalue weighted by Gasteiger charge is -2.38. The van der Waals surface area contributed by atoms with Gasteiger partial charge in [0, 0.05) is 19.6 Å². The highest BCUT2D eigenvalue weighted by Crippen LogP contribution is 2.26. The Morgan fingerprint density at radius 3 is 2.60 bits per heavy atom. The van der Waals surface area contributed by atoms with Gasteiger partial charge in [-0.15, -0.1) is 0 Å². The molecule has 3 heterocycles. The van der Waals surface area contributed by atoms with Gasteiger partial charge < -0.3 is 19.1 Å². The molecule has 0 N–H and O–H groups in total. The Bertz CT molecular complexity index is 324. The Morgan fingerprint density at radius 1 is 1.00 bits per heavy atom. The Balaban J connectivity index is 1.52. The van der Waals surface area contributed by atoms with Gasteiger partial charge in [-0.25, -0.2) is 0 Å². The number of piperidine rings is 1. The zero-order valence-corrected chi connectivity index (χ0v) is 12.1. The molecule has 0 saturated carbocycles. The van der Waals surface area contributed by atoms with Crippen molar-refractivity contribution in [2.24, 2.45) is 0 Å². The molecule has 3 fully saturated rings. The van der Waals surface area contributed by atoms with E-state index in [1.54, 1.807) is 0 Å². The second-order valence-electron chi connectivity index (χ2n) is 5.93. The van der Waals surface area contributed by atoms with Gasteiger partial charge in [0.15, 0.2) is 6.29 Å². The summed E-state index contributed by atoms with van der Waals surface area (Å²) in [4.78, 5) is 14.5. The molecule has 2 atom stereocenters. The van der Waals surface area contributed by atoms with E-state index in [1.807, 2.05) is 4.90 Å². The summed E-state index contributed by atoms with van der Waals surface area (Å²) in [6, 6.07) is 0.114. The molecular weight excluding hydrogens is 258 g/mol. The Kier molecular flexibility index (Phi) is 4.91. The molecule has 2 unspecified atom stereocenters. The third-order valence-corrected chi connectivity index (χ3v) is 4.54. The topological polar surface area (TPSA) is 48.0 Å². The number of carbonyl (C=O) groups excluding carboxylic acids is 1. The van der Waals surface area contributed by atoms with E-state index in [9.17, 15) is 4.79 Å². The van der Waals surface area contributed by atoms with Crippen molar-refractivity contribution in [2.75, 3.05) is 26.4 Å². The van der Waals surface area contributed by atoms with Crippen LogP contribution in [-0.4, -0.2) is 55.6 Å². The van der Waals surface area contributed by atoms with Crippen molar-refractivity contribution in [3.8, 4) is 0 Å². The lowest BCUT2D eigenvalue weighted by molar-refractivity contribution is -0.151. The number of amides is 1. The van der Waals surface area contributed by atoms with E-state index in [0.717, 1.165) is 51.7 Å². The van der Waals surface area contributed by atoms with Crippen molar-refractivity contribution < 1.29 is 19.0 Å². The molecule has 3 aliphatic rings. The van der Waals surface area contributed by atoms with Crippen molar-refractivity contribution in [3.63, 3.8) is 0 Å². The quantitative estimate of drug-likeness (QED) is 0.788. The second kappa shape index (κ2) is 6.87. The second-order valence-corrected chi connectivity index (χ2v) is 5.93. The van der Waals surface area contributed by atoms with Gasteiger partial charge in [0.05, 0.1) is 25.4 Å². The average molecular weight is 283 g/mol. The SMILES string of the molecule is O=C(CCC1CCCO1)N1CCCCC1C1OCCO1. The first-order valence-corrected chi connectivity index (χ1v) is 7.99. The molecule has 3 aliphatic heterocycles. The third kappa shape index (κ3) is 3.32. The van der Waals surface area contributed by atoms with Crippen LogP contribution in [0.25, 0.3) is 0 Å². The van der Waals surface area contributed by atoms with E-state index < -0.39 is 0 Å². The predicted octanol–water partition coefficient (Wildman–Crippen LogP) is 1.70. The van der Waals surface area contributed by atoms with Crippen molar-refractivity contribution in [1.29, 1.82) is 0 Å². The van der Waals surface area contributed by atoms with E-state index in [-0.39, 0.29) is 18.2 Å². The van der Waals surface area contributed by atoms with Crippen LogP contribution in [0.3, 0.4) is 0 Å². The van der Waals surface area contributed by atoms with Gasteiger partial charge in [-0.3, -0.25) is 4.79 Å². The maximum atomic E-state index is 12.5. The lowest BCUT2D eigenvalue weighted by atomic mass is 10.0. The van der Waals surface area contributed by atoms with E-state index in [4.69, 9.17) is 14.2 Å². The molecule has 3 rings (SSSR count). The summed E-state index contributed by atoms with van der Waals surface area (Å²) in [5, 5.41) is 0. The Labute approximate surface area is 120 Å². The molecule has 0 aromatic heterocycles. The van der Waals surface area contributed by atoms with Crippen molar-refractivity contribution in [1.82, 2.24) is 4.90 Å². The van der Waals surface area contributed by atoms with Gasteiger partial charge in [0.25, 0.3) is 0 Å². The third-order valence-electron chi connectivity index (χ3n) is 4.54. The van der Waals surface area contributed by atoms with Crippen molar-refractivity contribution in [2.45, 2.75) is 63.4 Å². The van der Waals surface area contributed by atoms with Gasteiger partial charge in [-0.1, -0.05) is 0 Å². The van der Waals surface area contributed by atoms with Crippen LogP contribution in [0.15, 0.2) is 0 Å². The number of hydrogen-bond acceptors (Lipinski definition) is 4. The Hall–Kier alpha value is -0.650. The summed E-state index contributed by atoms with van der Waals surface area (Å²) >= 11 is 0. The van der Waals surface area contributed by atoms with Crippen LogP contribution < -0.4 is 0 Å². The normalized spacial score (nSPS) is 31.9. The zero-order chi connectivity index (χ0) is 13.8. The van der Waals surface area contributed by atoms with Crippen LogP contribution in [0.4, 0.5) is 0 Å². The molecular formula is C15H25NO4. The predicted molar refractivity (Wildman–Crippen MR) is 73.3 cm³/mol. The largest absolute Gasteiger partial charge is 0.378 e. The number of likely N-dealkylation sites (tertiary alicyclic amines) is 1. The minimum atomic E-state index is -0.206. The first kappa shape index (κ1) is 14.3. The number of nitrogens with zero attached hydrogens (tertiary/aromatic N) is 1. The summed E-state index contributed by atoms with van der Waals surface area (Å²) in [6.07, 6.45) is 7.01. The molecule has 5 heteroatoms. The number of carbonyl (C=O) groups is 1. The smallest absolute Gasteiger partial charge is 0.223 e. The molecule has 0 spiro atoms. The zero-order valence-electron chi connectivity index (χ0n) is 12.1. The summed E-state index contributed by atoms with van der Waals surface area (Å²) in [6.45, 7) is 3.01. The van der Waals surface area contributed by atoms with Gasteiger partial charge >= 0.3 is 0 Å². The first-order valence-electron chi connectivity index (χ1n) is 7.99. The van der Waals surface area contributed by atoms with Crippen molar-refractivity contribution in [3.05, 3.63) is 0 Å². The molecule has 114 valence electrons. The van der Waals surface area contributed by atoms with Crippen molar-refractivity contribution >= 4 is 5.91 Å². The minimum Gasteiger partial charge on any atom is -0.378 e. The molecule has 0 bridgehead atoms. The number of hydrogen-bond donors (Lipinski definition) is 0. The average Bonchev–Trinajstić information content (AvgIpc) is 3.18. The molecule has 0 aromatic rings. The van der Waals surface area contributed by atoms with Crippen LogP contribution in [0.2, 0.25) is 0 Å². The van der Waals surface area contributed by atoms with Crippen LogP contribution in [0.5, 0.6) is 0 Å². The Morgan fingerprint density at radius 2 is 1.85 bits per heavy atom. The maximum Gasteiger partial charge on any atom is 0.223 e. The summed E-state index contributed by atoms with van der Waals surface area (Å²) < 4.78 is 16.8. The van der Waals surface area contributed by atoms with Crippen LogP contribution in [-0.2, 0) is 19.0 Å². The van der Waals surface area contributed by atoms with E-state index in [1.165, 1.54) is 0 Å². The molecule has 1 amide bonds. The van der Waals surface area contributed by atoms with Gasteiger partial charge in [0.2, 0.25) is 5.91 Å². The first-order chi connectivity index (χ1) is 9.84. The summed E-state index contributed by atoms with van der Waals surface area (Å²) in [5.74, 6) is 0.240. The fourth-order valence-electron chi connectivity index (χ4n) is 3.45.